The minimum absolute atomic E-state index is 0.237. The van der Waals surface area contributed by atoms with Gasteiger partial charge in [0.15, 0.2) is 5.17 Å². The highest BCUT2D eigenvalue weighted by Crippen LogP contribution is 2.31. The Hall–Kier alpha value is -3.91. The smallest absolute Gasteiger partial charge is 0.283 e. The fourth-order valence-electron chi connectivity index (χ4n) is 3.23. The Morgan fingerprint density at radius 1 is 1.06 bits per heavy atom. The Bertz CT molecular complexity index is 1240. The van der Waals surface area contributed by atoms with Gasteiger partial charge < -0.3 is 10.1 Å². The minimum atomic E-state index is -0.562. The van der Waals surface area contributed by atoms with Gasteiger partial charge in [-0.15, -0.1) is 0 Å². The quantitative estimate of drug-likeness (QED) is 0.489. The van der Waals surface area contributed by atoms with E-state index >= 15 is 0 Å². The van der Waals surface area contributed by atoms with Crippen molar-refractivity contribution < 1.29 is 18.7 Å². The Balaban J connectivity index is 1.58. The van der Waals surface area contributed by atoms with Crippen LogP contribution in [0, 0.1) is 5.82 Å². The van der Waals surface area contributed by atoms with Crippen LogP contribution in [0.25, 0.3) is 6.08 Å². The lowest BCUT2D eigenvalue weighted by molar-refractivity contribution is -0.115. The van der Waals surface area contributed by atoms with Crippen molar-refractivity contribution in [2.45, 2.75) is 12.2 Å². The number of anilines is 2. The summed E-state index contributed by atoms with van der Waals surface area (Å²) in [5.41, 5.74) is 2.16. The third kappa shape index (κ3) is 5.35. The third-order valence-corrected chi connectivity index (χ3v) is 6.08. The van der Waals surface area contributed by atoms with Crippen molar-refractivity contribution in [1.82, 2.24) is 0 Å². The van der Waals surface area contributed by atoms with Crippen molar-refractivity contribution in [2.24, 2.45) is 4.99 Å². The Kier molecular flexibility index (Phi) is 7.08. The average Bonchev–Trinajstić information content (AvgIpc) is 3.15. The number of nitrogens with zero attached hydrogens (tertiary/aromatic N) is 2. The first kappa shape index (κ1) is 23.3. The summed E-state index contributed by atoms with van der Waals surface area (Å²) in [6.07, 6.45) is 1.69. The van der Waals surface area contributed by atoms with Crippen molar-refractivity contribution in [3.63, 3.8) is 0 Å². The Labute approximate surface area is 201 Å². The first-order chi connectivity index (χ1) is 16.4. The van der Waals surface area contributed by atoms with E-state index in [0.29, 0.717) is 22.3 Å². The van der Waals surface area contributed by atoms with Gasteiger partial charge in [0, 0.05) is 5.69 Å². The van der Waals surface area contributed by atoms with Crippen LogP contribution in [-0.4, -0.2) is 29.3 Å². The highest BCUT2D eigenvalue weighted by Gasteiger charge is 2.34. The summed E-state index contributed by atoms with van der Waals surface area (Å²) in [4.78, 5) is 32.0. The molecule has 0 fully saturated rings. The van der Waals surface area contributed by atoms with E-state index in [1.54, 1.807) is 44.4 Å². The summed E-state index contributed by atoms with van der Waals surface area (Å²) in [6.45, 7) is 1.73. The van der Waals surface area contributed by atoms with E-state index in [0.717, 1.165) is 17.3 Å². The molecule has 1 unspecified atom stereocenters. The summed E-state index contributed by atoms with van der Waals surface area (Å²) < 4.78 is 18.6. The lowest BCUT2D eigenvalue weighted by Crippen LogP contribution is -2.33. The molecule has 0 aliphatic carbocycles. The van der Waals surface area contributed by atoms with Gasteiger partial charge in [0.1, 0.15) is 17.3 Å². The highest BCUT2D eigenvalue weighted by atomic mass is 32.2. The first-order valence-corrected chi connectivity index (χ1v) is 11.4. The molecule has 3 aromatic rings. The third-order valence-electron chi connectivity index (χ3n) is 5.03. The highest BCUT2D eigenvalue weighted by molar-refractivity contribution is 8.15. The largest absolute Gasteiger partial charge is 0.497 e. The van der Waals surface area contributed by atoms with Gasteiger partial charge >= 0.3 is 0 Å². The summed E-state index contributed by atoms with van der Waals surface area (Å²) in [6, 6.07) is 21.9. The maximum absolute atomic E-state index is 13.5. The Morgan fingerprint density at radius 3 is 2.38 bits per heavy atom. The first-order valence-electron chi connectivity index (χ1n) is 10.5. The molecule has 1 atom stereocenters. The number of halogens is 1. The van der Waals surface area contributed by atoms with Crippen molar-refractivity contribution in [3.8, 4) is 5.75 Å². The van der Waals surface area contributed by atoms with Gasteiger partial charge in [-0.1, -0.05) is 42.1 Å². The molecular formula is C26H22FN3O3S. The number of amides is 2. The lowest BCUT2D eigenvalue weighted by atomic mass is 10.2. The zero-order chi connectivity index (χ0) is 24.1. The molecule has 0 saturated heterocycles. The number of hydrogen-bond acceptors (Lipinski definition) is 5. The number of ether oxygens (including phenoxy) is 1. The number of methoxy groups -OCH3 is 1. The topological polar surface area (TPSA) is 71.0 Å². The fraction of sp³-hybridized carbons (Fsp3) is 0.115. The monoisotopic (exact) mass is 475 g/mol. The molecule has 34 heavy (non-hydrogen) atoms. The van der Waals surface area contributed by atoms with Crippen LogP contribution in [0.5, 0.6) is 5.75 Å². The van der Waals surface area contributed by atoms with Gasteiger partial charge in [0.2, 0.25) is 5.91 Å². The zero-order valence-electron chi connectivity index (χ0n) is 18.6. The second-order valence-electron chi connectivity index (χ2n) is 7.43. The number of amidine groups is 1. The number of carbonyl (C=O) groups excluding carboxylic acids is 2. The van der Waals surface area contributed by atoms with Gasteiger partial charge in [-0.2, -0.15) is 0 Å². The predicted molar refractivity (Wildman–Crippen MR) is 134 cm³/mol. The minimum Gasteiger partial charge on any atom is -0.497 e. The van der Waals surface area contributed by atoms with E-state index in [1.807, 2.05) is 30.3 Å². The van der Waals surface area contributed by atoms with E-state index in [2.05, 4.69) is 10.3 Å². The Morgan fingerprint density at radius 2 is 1.74 bits per heavy atom. The van der Waals surface area contributed by atoms with Crippen LogP contribution >= 0.6 is 11.8 Å². The summed E-state index contributed by atoms with van der Waals surface area (Å²) in [5.74, 6) is -0.314. The molecule has 0 aromatic heterocycles. The molecule has 3 aromatic carbocycles. The molecule has 0 spiro atoms. The molecule has 6 nitrogen and oxygen atoms in total. The molecule has 0 bridgehead atoms. The molecule has 1 heterocycles. The van der Waals surface area contributed by atoms with Crippen molar-refractivity contribution in [1.29, 1.82) is 0 Å². The van der Waals surface area contributed by atoms with Gasteiger partial charge in [-0.3, -0.25) is 14.5 Å². The number of hydrogen-bond donors (Lipinski definition) is 1. The predicted octanol–water partition coefficient (Wildman–Crippen LogP) is 5.34. The number of thioether (sulfide) groups is 1. The molecule has 1 aliphatic rings. The fourth-order valence-corrected chi connectivity index (χ4v) is 4.16. The summed E-state index contributed by atoms with van der Waals surface area (Å²) >= 11 is 1.15. The summed E-state index contributed by atoms with van der Waals surface area (Å²) in [5, 5.41) is 2.63. The molecule has 8 heteroatoms. The molecule has 0 radical (unpaired) electrons. The summed E-state index contributed by atoms with van der Waals surface area (Å²) in [7, 11) is 1.57. The van der Waals surface area contributed by atoms with Gasteiger partial charge in [-0.05, 0) is 67.1 Å². The second-order valence-corrected chi connectivity index (χ2v) is 8.74. The van der Waals surface area contributed by atoms with Gasteiger partial charge in [0.05, 0.1) is 18.0 Å². The van der Waals surface area contributed by atoms with Crippen LogP contribution in [0.1, 0.15) is 12.5 Å². The molecule has 1 N–H and O–H groups in total. The standard InChI is InChI=1S/C26H22FN3O3S/c1-17(24(31)28-20-10-14-22(33-2)15-11-20)34-26-29-23(16-18-6-4-3-5-7-18)25(32)30(26)21-12-8-19(27)9-13-21/h3-17H,1-2H3,(H,28,31)/b23-16-. The molecular weight excluding hydrogens is 453 g/mol. The van der Waals surface area contributed by atoms with E-state index in [1.165, 1.54) is 29.2 Å². The van der Waals surface area contributed by atoms with Crippen LogP contribution in [0.3, 0.4) is 0 Å². The van der Waals surface area contributed by atoms with E-state index in [-0.39, 0.29) is 17.5 Å². The average molecular weight is 476 g/mol. The maximum atomic E-state index is 13.5. The molecule has 1 aliphatic heterocycles. The second kappa shape index (κ2) is 10.4. The van der Waals surface area contributed by atoms with Crippen LogP contribution in [-0.2, 0) is 9.59 Å². The molecule has 4 rings (SSSR count). The van der Waals surface area contributed by atoms with Crippen molar-refractivity contribution in [3.05, 3.63) is 95.9 Å². The number of carbonyl (C=O) groups is 2. The van der Waals surface area contributed by atoms with Gasteiger partial charge in [0.25, 0.3) is 5.91 Å². The van der Waals surface area contributed by atoms with Crippen LogP contribution in [0.2, 0.25) is 0 Å². The van der Waals surface area contributed by atoms with Gasteiger partial charge in [-0.25, -0.2) is 9.38 Å². The van der Waals surface area contributed by atoms with Crippen molar-refractivity contribution >= 4 is 46.2 Å². The van der Waals surface area contributed by atoms with E-state index < -0.39 is 11.1 Å². The molecule has 172 valence electrons. The van der Waals surface area contributed by atoms with E-state index in [9.17, 15) is 14.0 Å². The van der Waals surface area contributed by atoms with Crippen LogP contribution in [0.4, 0.5) is 15.8 Å². The number of nitrogens with one attached hydrogen (secondary N) is 1. The maximum Gasteiger partial charge on any atom is 0.283 e. The normalized spacial score (nSPS) is 15.3. The molecule has 0 saturated carbocycles. The molecule has 2 amide bonds. The van der Waals surface area contributed by atoms with Crippen LogP contribution < -0.4 is 15.0 Å². The van der Waals surface area contributed by atoms with Crippen molar-refractivity contribution in [2.75, 3.05) is 17.3 Å². The van der Waals surface area contributed by atoms with Crippen LogP contribution in [0.15, 0.2) is 89.6 Å². The zero-order valence-corrected chi connectivity index (χ0v) is 19.4. The lowest BCUT2D eigenvalue weighted by Gasteiger charge is -2.20. The van der Waals surface area contributed by atoms with E-state index in [4.69, 9.17) is 4.74 Å². The number of benzene rings is 3. The number of aliphatic imine (C=N–C) groups is 1. The number of rotatable bonds is 6. The SMILES string of the molecule is COc1ccc(NC(=O)C(C)SC2=N/C(=C\c3ccccc3)C(=O)N2c2ccc(F)cc2)cc1.